The lowest BCUT2D eigenvalue weighted by Crippen LogP contribution is -2.40. The second-order valence-corrected chi connectivity index (χ2v) is 15.7. The summed E-state index contributed by atoms with van der Waals surface area (Å²) in [4.78, 5) is 0. The molecule has 0 spiro atoms. The average molecular weight is 692 g/mol. The van der Waals surface area contributed by atoms with Crippen molar-refractivity contribution in [1.29, 1.82) is 0 Å². The number of phenolic OH excluding ortho intramolecular Hbond substituents is 1. The van der Waals surface area contributed by atoms with E-state index in [1.54, 1.807) is 19.1 Å². The van der Waals surface area contributed by atoms with Crippen LogP contribution < -0.4 is 4.72 Å². The third kappa shape index (κ3) is 7.19. The van der Waals surface area contributed by atoms with Crippen LogP contribution in [0.25, 0.3) is 22.3 Å². The maximum Gasteiger partial charge on any atom is 0.214 e. The number of ether oxygens (including phenoxy) is 2. The number of nitrogens with one attached hydrogen (secondary N) is 1. The minimum Gasteiger partial charge on any atom is -0.507 e. The van der Waals surface area contributed by atoms with Crippen molar-refractivity contribution in [2.75, 3.05) is 33.0 Å². The molecule has 0 radical (unpaired) electrons. The summed E-state index contributed by atoms with van der Waals surface area (Å²) in [7, 11) is -3.68. The Morgan fingerprint density at radius 2 is 1.31 bits per heavy atom. The first-order chi connectivity index (χ1) is 23.0. The second kappa shape index (κ2) is 14.3. The van der Waals surface area contributed by atoms with Gasteiger partial charge in [0.15, 0.2) is 0 Å². The van der Waals surface area contributed by atoms with Gasteiger partial charge < -0.3 is 24.8 Å². The molecule has 2 fully saturated rings. The molecule has 6 rings (SSSR count). The number of aromatic hydroxyl groups is 1. The molecule has 5 atom stereocenters. The molecule has 0 saturated carbocycles. The molecule has 0 bridgehead atoms. The first-order valence-electron chi connectivity index (χ1n) is 16.3. The Bertz CT molecular complexity index is 1800. The highest BCUT2D eigenvalue weighted by Crippen LogP contribution is 2.41. The van der Waals surface area contributed by atoms with Crippen LogP contribution in [0.3, 0.4) is 0 Å². The fraction of sp³-hybridized carbons (Fsp3) is 0.368. The van der Waals surface area contributed by atoms with Crippen LogP contribution in [-0.2, 0) is 30.7 Å². The van der Waals surface area contributed by atoms with Crippen LogP contribution in [0, 0.1) is 11.8 Å². The highest BCUT2D eigenvalue weighted by atomic mass is 35.5. The lowest BCUT2D eigenvalue weighted by Gasteiger charge is -2.30. The fourth-order valence-corrected chi connectivity index (χ4v) is 8.26. The Balaban J connectivity index is 1.02. The van der Waals surface area contributed by atoms with Crippen LogP contribution in [0.2, 0.25) is 5.02 Å². The third-order valence-electron chi connectivity index (χ3n) is 9.97. The number of aliphatic hydroxyl groups is 2. The van der Waals surface area contributed by atoms with Gasteiger partial charge in [-0.3, -0.25) is 0 Å². The molecule has 4 aromatic carbocycles. The number of sulfonamides is 1. The molecule has 8 nitrogen and oxygen atoms in total. The van der Waals surface area contributed by atoms with Gasteiger partial charge in [0.1, 0.15) is 17.0 Å². The van der Waals surface area contributed by atoms with Gasteiger partial charge in [-0.15, -0.1) is 0 Å². The minimum atomic E-state index is -3.68. The number of benzene rings is 4. The van der Waals surface area contributed by atoms with Crippen molar-refractivity contribution in [3.63, 3.8) is 0 Å². The van der Waals surface area contributed by atoms with Gasteiger partial charge in [-0.05, 0) is 72.2 Å². The first kappa shape index (κ1) is 34.6. The summed E-state index contributed by atoms with van der Waals surface area (Å²) in [5.74, 6) is -0.406. The van der Waals surface area contributed by atoms with Crippen molar-refractivity contribution in [2.45, 2.75) is 42.6 Å². The topological polar surface area (TPSA) is 125 Å². The SMILES string of the molecule is CC(CC1COCC1(O)c1ccc(-c2ccc(Cl)cc2)cc1)S(=O)(=O)NCCCC1COCC1(O)c1ccc(-c2ccccc2O)cc1. The number of para-hydroxylation sites is 1. The van der Waals surface area contributed by atoms with E-state index in [0.717, 1.165) is 22.3 Å². The highest BCUT2D eigenvalue weighted by molar-refractivity contribution is 7.90. The monoisotopic (exact) mass is 691 g/mol. The summed E-state index contributed by atoms with van der Waals surface area (Å²) < 4.78 is 40.7. The van der Waals surface area contributed by atoms with Gasteiger partial charge in [-0.25, -0.2) is 13.1 Å². The van der Waals surface area contributed by atoms with Crippen LogP contribution >= 0.6 is 11.6 Å². The number of halogens is 1. The Labute approximate surface area is 287 Å². The van der Waals surface area contributed by atoms with Gasteiger partial charge in [0.25, 0.3) is 0 Å². The summed E-state index contributed by atoms with van der Waals surface area (Å²) >= 11 is 6.02. The smallest absolute Gasteiger partial charge is 0.214 e. The van der Waals surface area contributed by atoms with E-state index in [2.05, 4.69) is 4.72 Å². The first-order valence-corrected chi connectivity index (χ1v) is 18.3. The van der Waals surface area contributed by atoms with Crippen molar-refractivity contribution in [1.82, 2.24) is 4.72 Å². The zero-order valence-electron chi connectivity index (χ0n) is 26.9. The van der Waals surface area contributed by atoms with Crippen molar-refractivity contribution in [3.05, 3.63) is 113 Å². The Kier molecular flexibility index (Phi) is 10.3. The number of hydrogen-bond donors (Lipinski definition) is 4. The molecule has 254 valence electrons. The van der Waals surface area contributed by atoms with Crippen molar-refractivity contribution in [2.24, 2.45) is 11.8 Å². The molecule has 0 aromatic heterocycles. The molecular formula is C38H42ClNO7S. The molecule has 4 N–H and O–H groups in total. The van der Waals surface area contributed by atoms with E-state index in [9.17, 15) is 23.7 Å². The summed E-state index contributed by atoms with van der Waals surface area (Å²) in [5, 5.41) is 33.4. The zero-order chi connectivity index (χ0) is 33.9. The number of hydrogen-bond acceptors (Lipinski definition) is 7. The zero-order valence-corrected chi connectivity index (χ0v) is 28.5. The summed E-state index contributed by atoms with van der Waals surface area (Å²) in [6, 6.07) is 29.7. The Hall–Kier alpha value is -3.28. The molecule has 2 aliphatic rings. The largest absolute Gasteiger partial charge is 0.507 e. The van der Waals surface area contributed by atoms with Gasteiger partial charge in [0.05, 0.1) is 31.7 Å². The van der Waals surface area contributed by atoms with Crippen LogP contribution in [0.1, 0.15) is 37.3 Å². The van der Waals surface area contributed by atoms with Crippen LogP contribution in [-0.4, -0.2) is 62.0 Å². The molecular weight excluding hydrogens is 650 g/mol. The molecule has 0 amide bonds. The molecule has 5 unspecified atom stereocenters. The predicted molar refractivity (Wildman–Crippen MR) is 187 cm³/mol. The van der Waals surface area contributed by atoms with E-state index in [0.29, 0.717) is 35.6 Å². The van der Waals surface area contributed by atoms with Crippen molar-refractivity contribution < 1.29 is 33.2 Å². The average Bonchev–Trinajstić information content (AvgIpc) is 3.66. The highest BCUT2D eigenvalue weighted by Gasteiger charge is 2.46. The molecule has 48 heavy (non-hydrogen) atoms. The van der Waals surface area contributed by atoms with E-state index < -0.39 is 32.4 Å². The van der Waals surface area contributed by atoms with Gasteiger partial charge >= 0.3 is 0 Å². The maximum atomic E-state index is 13.3. The summed E-state index contributed by atoms with van der Waals surface area (Å²) in [5.41, 5.74) is 2.48. The van der Waals surface area contributed by atoms with Gasteiger partial charge in [-0.2, -0.15) is 0 Å². The lowest BCUT2D eigenvalue weighted by atomic mass is 9.81. The second-order valence-electron chi connectivity index (χ2n) is 13.1. The molecule has 2 saturated heterocycles. The van der Waals surface area contributed by atoms with Crippen LogP contribution in [0.4, 0.5) is 0 Å². The van der Waals surface area contributed by atoms with E-state index in [1.807, 2.05) is 84.9 Å². The molecule has 2 aliphatic heterocycles. The molecule has 10 heteroatoms. The Morgan fingerprint density at radius 3 is 1.92 bits per heavy atom. The minimum absolute atomic E-state index is 0.0992. The Morgan fingerprint density at radius 1 is 0.792 bits per heavy atom. The molecule has 2 heterocycles. The predicted octanol–water partition coefficient (Wildman–Crippen LogP) is 6.23. The van der Waals surface area contributed by atoms with Gasteiger partial charge in [0.2, 0.25) is 10.0 Å². The van der Waals surface area contributed by atoms with E-state index >= 15 is 0 Å². The number of phenols is 1. The summed E-state index contributed by atoms with van der Waals surface area (Å²) in [6.07, 6.45) is 1.32. The third-order valence-corrected chi connectivity index (χ3v) is 12.1. The van der Waals surface area contributed by atoms with E-state index in [4.69, 9.17) is 21.1 Å². The lowest BCUT2D eigenvalue weighted by molar-refractivity contribution is -0.00618. The molecule has 0 aliphatic carbocycles. The molecule has 4 aromatic rings. The van der Waals surface area contributed by atoms with Gasteiger partial charge in [-0.1, -0.05) is 90.5 Å². The van der Waals surface area contributed by atoms with E-state index in [-0.39, 0.29) is 44.5 Å². The van der Waals surface area contributed by atoms with Crippen LogP contribution in [0.5, 0.6) is 5.75 Å². The van der Waals surface area contributed by atoms with Crippen molar-refractivity contribution in [3.8, 4) is 28.0 Å². The summed E-state index contributed by atoms with van der Waals surface area (Å²) in [6.45, 7) is 2.79. The van der Waals surface area contributed by atoms with Gasteiger partial charge in [0, 0.05) is 29.0 Å². The number of rotatable bonds is 12. The van der Waals surface area contributed by atoms with Crippen molar-refractivity contribution >= 4 is 21.6 Å². The van der Waals surface area contributed by atoms with E-state index in [1.165, 1.54) is 0 Å². The fourth-order valence-electron chi connectivity index (χ4n) is 6.93. The quantitative estimate of drug-likeness (QED) is 0.130. The standard InChI is InChI=1S/C38H42ClNO7S/c1-26(21-33-23-47-25-38(33,43)31-14-8-27(9-15-31)28-12-18-34(39)19-13-28)48(44,45)40-20-4-5-32-22-46-24-37(32,42)30-16-10-29(11-17-30)35-6-2-3-7-36(35)41/h2-3,6-19,26,32-33,40-43H,4-5,20-25H2,1H3. The maximum absolute atomic E-state index is 13.3. The normalized spacial score (nSPS) is 24.9. The van der Waals surface area contributed by atoms with Crippen LogP contribution in [0.15, 0.2) is 97.1 Å².